The molecule has 1 aromatic heterocycles. The Bertz CT molecular complexity index is 895. The molecule has 0 unspecified atom stereocenters. The predicted molar refractivity (Wildman–Crippen MR) is 100 cm³/mol. The summed E-state index contributed by atoms with van der Waals surface area (Å²) in [6, 6.07) is 15.6. The molecule has 0 amide bonds. The zero-order valence-electron chi connectivity index (χ0n) is 13.9. The quantitative estimate of drug-likeness (QED) is 0.470. The van der Waals surface area contributed by atoms with Crippen LogP contribution in [-0.2, 0) is 0 Å². The lowest BCUT2D eigenvalue weighted by atomic mass is 10.1. The van der Waals surface area contributed by atoms with Crippen molar-refractivity contribution in [3.05, 3.63) is 71.2 Å². The number of ketones is 1. The molecule has 0 aliphatic rings. The van der Waals surface area contributed by atoms with Gasteiger partial charge in [-0.3, -0.25) is 4.79 Å². The first-order valence-electron chi connectivity index (χ1n) is 7.69. The number of aryl methyl sites for hydroxylation is 1. The molecular formula is C20H19NO2S. The van der Waals surface area contributed by atoms with Crippen LogP contribution in [0.4, 0.5) is 0 Å². The molecule has 3 rings (SSSR count). The zero-order valence-corrected chi connectivity index (χ0v) is 14.8. The lowest BCUT2D eigenvalue weighted by Crippen LogP contribution is -2.02. The van der Waals surface area contributed by atoms with Gasteiger partial charge in [-0.15, -0.1) is 11.3 Å². The lowest BCUT2D eigenvalue weighted by Gasteiger charge is -2.05. The third kappa shape index (κ3) is 3.49. The molecule has 24 heavy (non-hydrogen) atoms. The Morgan fingerprint density at radius 1 is 1.08 bits per heavy atom. The van der Waals surface area contributed by atoms with Crippen molar-refractivity contribution < 1.29 is 9.53 Å². The van der Waals surface area contributed by atoms with Gasteiger partial charge in [-0.05, 0) is 48.2 Å². The summed E-state index contributed by atoms with van der Waals surface area (Å²) in [6.07, 6.45) is 3.38. The van der Waals surface area contributed by atoms with Crippen LogP contribution in [0.15, 0.2) is 60.8 Å². The minimum atomic E-state index is 0.0351. The summed E-state index contributed by atoms with van der Waals surface area (Å²) >= 11 is 1.52. The standard InChI is InChI=1S/C20H19NO2S/c1-14-17-13-16(23-15-7-5-4-6-8-15)9-10-19(17)24-20(14)18(22)11-12-21(2)3/h4-13H,1-3H3. The fourth-order valence-corrected chi connectivity index (χ4v) is 3.53. The molecule has 3 nitrogen and oxygen atoms in total. The first-order chi connectivity index (χ1) is 11.5. The third-order valence-electron chi connectivity index (χ3n) is 3.63. The van der Waals surface area contributed by atoms with Gasteiger partial charge in [0.15, 0.2) is 5.78 Å². The third-order valence-corrected chi connectivity index (χ3v) is 4.92. The van der Waals surface area contributed by atoms with E-state index in [0.717, 1.165) is 32.0 Å². The molecule has 1 heterocycles. The topological polar surface area (TPSA) is 29.5 Å². The highest BCUT2D eigenvalue weighted by atomic mass is 32.1. The van der Waals surface area contributed by atoms with E-state index in [1.807, 2.05) is 74.4 Å². The van der Waals surface area contributed by atoms with Gasteiger partial charge in [0, 0.05) is 31.1 Å². The largest absolute Gasteiger partial charge is 0.457 e. The van der Waals surface area contributed by atoms with Gasteiger partial charge < -0.3 is 9.64 Å². The second kappa shape index (κ2) is 6.89. The number of benzene rings is 2. The van der Waals surface area contributed by atoms with E-state index in [4.69, 9.17) is 4.74 Å². The van der Waals surface area contributed by atoms with Crippen molar-refractivity contribution in [2.75, 3.05) is 14.1 Å². The van der Waals surface area contributed by atoms with Crippen LogP contribution in [0.3, 0.4) is 0 Å². The van der Waals surface area contributed by atoms with Crippen LogP contribution < -0.4 is 4.74 Å². The van der Waals surface area contributed by atoms with Crippen molar-refractivity contribution in [1.82, 2.24) is 4.90 Å². The second-order valence-corrected chi connectivity index (χ2v) is 6.83. The molecule has 0 saturated heterocycles. The van der Waals surface area contributed by atoms with Gasteiger partial charge in [-0.25, -0.2) is 0 Å². The van der Waals surface area contributed by atoms with Crippen molar-refractivity contribution in [3.63, 3.8) is 0 Å². The summed E-state index contributed by atoms with van der Waals surface area (Å²) in [5.74, 6) is 1.61. The molecule has 0 aliphatic carbocycles. The molecule has 0 atom stereocenters. The first-order valence-corrected chi connectivity index (χ1v) is 8.51. The van der Waals surface area contributed by atoms with E-state index in [9.17, 15) is 4.79 Å². The summed E-state index contributed by atoms with van der Waals surface area (Å²) in [7, 11) is 3.80. The van der Waals surface area contributed by atoms with Crippen LogP contribution in [0.1, 0.15) is 15.2 Å². The maximum atomic E-state index is 12.4. The average molecular weight is 337 g/mol. The summed E-state index contributed by atoms with van der Waals surface area (Å²) < 4.78 is 6.98. The molecule has 0 bridgehead atoms. The van der Waals surface area contributed by atoms with Gasteiger partial charge in [-0.2, -0.15) is 0 Å². The Morgan fingerprint density at radius 3 is 2.54 bits per heavy atom. The number of carbonyl (C=O) groups is 1. The molecule has 0 fully saturated rings. The van der Waals surface area contributed by atoms with Crippen LogP contribution in [0.25, 0.3) is 10.1 Å². The van der Waals surface area contributed by atoms with Crippen LogP contribution in [-0.4, -0.2) is 24.8 Å². The zero-order chi connectivity index (χ0) is 17.1. The number of allylic oxidation sites excluding steroid dienone is 1. The fraction of sp³-hybridized carbons (Fsp3) is 0.150. The molecule has 0 N–H and O–H groups in total. The molecule has 3 aromatic rings. The smallest absolute Gasteiger partial charge is 0.197 e. The van der Waals surface area contributed by atoms with E-state index >= 15 is 0 Å². The monoisotopic (exact) mass is 337 g/mol. The molecule has 0 saturated carbocycles. The van der Waals surface area contributed by atoms with Gasteiger partial charge in [-0.1, -0.05) is 18.2 Å². The number of carbonyl (C=O) groups excluding carboxylic acids is 1. The Kier molecular flexibility index (Phi) is 4.67. The maximum absolute atomic E-state index is 12.4. The number of thiophene rings is 1. The van der Waals surface area contributed by atoms with E-state index in [-0.39, 0.29) is 5.78 Å². The second-order valence-electron chi connectivity index (χ2n) is 5.77. The minimum Gasteiger partial charge on any atom is -0.457 e. The van der Waals surface area contributed by atoms with Gasteiger partial charge in [0.2, 0.25) is 0 Å². The van der Waals surface area contributed by atoms with Crippen molar-refractivity contribution in [2.45, 2.75) is 6.92 Å². The van der Waals surface area contributed by atoms with Gasteiger partial charge >= 0.3 is 0 Å². The van der Waals surface area contributed by atoms with E-state index in [2.05, 4.69) is 0 Å². The lowest BCUT2D eigenvalue weighted by molar-refractivity contribution is 0.104. The van der Waals surface area contributed by atoms with Gasteiger partial charge in [0.25, 0.3) is 0 Å². The molecule has 2 aromatic carbocycles. The van der Waals surface area contributed by atoms with E-state index in [1.54, 1.807) is 12.3 Å². The number of fused-ring (bicyclic) bond motifs is 1. The predicted octanol–water partition coefficient (Wildman–Crippen LogP) is 5.26. The molecule has 0 aliphatic heterocycles. The number of ether oxygens (including phenoxy) is 1. The van der Waals surface area contributed by atoms with Crippen LogP contribution >= 0.6 is 11.3 Å². The molecular weight excluding hydrogens is 318 g/mol. The summed E-state index contributed by atoms with van der Waals surface area (Å²) in [4.78, 5) is 15.0. The summed E-state index contributed by atoms with van der Waals surface area (Å²) in [6.45, 7) is 1.99. The van der Waals surface area contributed by atoms with Crippen molar-refractivity contribution in [2.24, 2.45) is 0 Å². The molecule has 122 valence electrons. The van der Waals surface area contributed by atoms with Gasteiger partial charge in [0.1, 0.15) is 11.5 Å². The summed E-state index contributed by atoms with van der Waals surface area (Å²) in [5, 5.41) is 1.06. The average Bonchev–Trinajstić information content (AvgIpc) is 2.90. The van der Waals surface area contributed by atoms with E-state index in [0.29, 0.717) is 0 Å². The number of nitrogens with zero attached hydrogens (tertiary/aromatic N) is 1. The fourth-order valence-electron chi connectivity index (χ4n) is 2.42. The van der Waals surface area contributed by atoms with Crippen LogP contribution in [0.5, 0.6) is 11.5 Å². The highest BCUT2D eigenvalue weighted by Crippen LogP contribution is 2.35. The Labute approximate surface area is 145 Å². The normalized spacial score (nSPS) is 11.1. The number of hydrogen-bond donors (Lipinski definition) is 0. The van der Waals surface area contributed by atoms with Crippen molar-refractivity contribution >= 4 is 27.2 Å². The number of hydrogen-bond acceptors (Lipinski definition) is 4. The Morgan fingerprint density at radius 2 is 1.83 bits per heavy atom. The van der Waals surface area contributed by atoms with E-state index < -0.39 is 0 Å². The minimum absolute atomic E-state index is 0.0351. The maximum Gasteiger partial charge on any atom is 0.197 e. The summed E-state index contributed by atoms with van der Waals surface area (Å²) in [5.41, 5.74) is 1.00. The highest BCUT2D eigenvalue weighted by Gasteiger charge is 2.14. The van der Waals surface area contributed by atoms with Crippen molar-refractivity contribution in [1.29, 1.82) is 0 Å². The number of para-hydroxylation sites is 1. The Hall–Kier alpha value is -2.59. The molecule has 4 heteroatoms. The highest BCUT2D eigenvalue weighted by molar-refractivity contribution is 7.21. The van der Waals surface area contributed by atoms with Crippen LogP contribution in [0.2, 0.25) is 0 Å². The molecule has 0 radical (unpaired) electrons. The van der Waals surface area contributed by atoms with E-state index in [1.165, 1.54) is 11.3 Å². The number of rotatable bonds is 5. The van der Waals surface area contributed by atoms with Gasteiger partial charge in [0.05, 0.1) is 4.88 Å². The first kappa shape index (κ1) is 16.3. The Balaban J connectivity index is 1.93. The van der Waals surface area contributed by atoms with Crippen LogP contribution in [0, 0.1) is 6.92 Å². The SMILES string of the molecule is Cc1c(C(=O)C=CN(C)C)sc2ccc(Oc3ccccc3)cc12. The van der Waals surface area contributed by atoms with Crippen molar-refractivity contribution in [3.8, 4) is 11.5 Å². The molecule has 0 spiro atoms.